The molecule has 0 aliphatic carbocycles. The summed E-state index contributed by atoms with van der Waals surface area (Å²) in [6.07, 6.45) is 1.52. The van der Waals surface area contributed by atoms with Gasteiger partial charge in [-0.2, -0.15) is 5.10 Å². The molecule has 8 heteroatoms. The first-order valence-electron chi connectivity index (χ1n) is 7.53. The number of carboxylic acid groups (broad SMARTS) is 1. The Bertz CT molecular complexity index is 821. The van der Waals surface area contributed by atoms with Crippen molar-refractivity contribution in [1.82, 2.24) is 14.8 Å². The van der Waals surface area contributed by atoms with Crippen LogP contribution in [-0.2, 0) is 11.8 Å². The number of aliphatic carboxylic acids is 1. The van der Waals surface area contributed by atoms with E-state index in [4.69, 9.17) is 11.6 Å². The molecule has 1 unspecified atom stereocenters. The van der Waals surface area contributed by atoms with E-state index in [2.05, 4.69) is 10.1 Å². The van der Waals surface area contributed by atoms with Crippen molar-refractivity contribution in [2.24, 2.45) is 13.0 Å². The number of carbonyl (C=O) groups is 1. The molecule has 3 heterocycles. The summed E-state index contributed by atoms with van der Waals surface area (Å²) in [7, 11) is 1.57. The molecule has 1 aliphatic heterocycles. The summed E-state index contributed by atoms with van der Waals surface area (Å²) in [5.41, 5.74) is 0.474. The number of anilines is 1. The minimum Gasteiger partial charge on any atom is -0.481 e. The van der Waals surface area contributed by atoms with Crippen LogP contribution in [0.5, 0.6) is 0 Å². The molecule has 0 aromatic carbocycles. The second kappa shape index (κ2) is 6.24. The number of pyridine rings is 1. The monoisotopic (exact) mass is 348 g/mol. The van der Waals surface area contributed by atoms with Gasteiger partial charge < -0.3 is 10.0 Å². The predicted octanol–water partition coefficient (Wildman–Crippen LogP) is 1.52. The van der Waals surface area contributed by atoms with Crippen LogP contribution in [0.4, 0.5) is 5.82 Å². The second-order valence-corrected chi connectivity index (χ2v) is 6.35. The molecular formula is C16H17ClN4O3. The summed E-state index contributed by atoms with van der Waals surface area (Å²) in [6.45, 7) is 2.31. The summed E-state index contributed by atoms with van der Waals surface area (Å²) < 4.78 is 1.24. The number of hydrogen-bond acceptors (Lipinski definition) is 5. The van der Waals surface area contributed by atoms with E-state index in [1.807, 2.05) is 11.8 Å². The van der Waals surface area contributed by atoms with Gasteiger partial charge in [0, 0.05) is 43.5 Å². The van der Waals surface area contributed by atoms with E-state index in [1.54, 1.807) is 25.2 Å². The van der Waals surface area contributed by atoms with Gasteiger partial charge in [-0.25, -0.2) is 4.68 Å². The van der Waals surface area contributed by atoms with Crippen molar-refractivity contribution in [2.45, 2.75) is 18.9 Å². The van der Waals surface area contributed by atoms with Crippen LogP contribution in [0, 0.1) is 5.92 Å². The molecule has 7 nitrogen and oxygen atoms in total. The van der Waals surface area contributed by atoms with Gasteiger partial charge >= 0.3 is 5.97 Å². The first-order chi connectivity index (χ1) is 11.4. The average molecular weight is 349 g/mol. The zero-order chi connectivity index (χ0) is 17.4. The lowest BCUT2D eigenvalue weighted by Gasteiger charge is -2.24. The maximum Gasteiger partial charge on any atom is 0.309 e. The van der Waals surface area contributed by atoms with Gasteiger partial charge in [0.05, 0.1) is 10.9 Å². The summed E-state index contributed by atoms with van der Waals surface area (Å²) in [5.74, 6) is -1.21. The molecule has 126 valence electrons. The number of rotatable bonds is 3. The van der Waals surface area contributed by atoms with Crippen LogP contribution in [-0.4, -0.2) is 38.4 Å². The van der Waals surface area contributed by atoms with Gasteiger partial charge in [-0.3, -0.25) is 14.6 Å². The van der Waals surface area contributed by atoms with Crippen molar-refractivity contribution in [2.75, 3.05) is 11.4 Å². The third-order valence-electron chi connectivity index (χ3n) is 4.49. The third-order valence-corrected chi connectivity index (χ3v) is 4.72. The van der Waals surface area contributed by atoms with Crippen molar-refractivity contribution >= 4 is 23.4 Å². The molecule has 1 fully saturated rings. The molecular weight excluding hydrogens is 332 g/mol. The van der Waals surface area contributed by atoms with Crippen molar-refractivity contribution in [3.63, 3.8) is 0 Å². The Hall–Kier alpha value is -2.41. The minimum absolute atomic E-state index is 0.212. The molecule has 0 amide bonds. The highest BCUT2D eigenvalue weighted by molar-refractivity contribution is 6.30. The Kier molecular flexibility index (Phi) is 4.28. The van der Waals surface area contributed by atoms with Crippen LogP contribution in [0.25, 0.3) is 0 Å². The highest BCUT2D eigenvalue weighted by atomic mass is 35.5. The quantitative estimate of drug-likeness (QED) is 0.904. The molecule has 0 spiro atoms. The topological polar surface area (TPSA) is 88.3 Å². The van der Waals surface area contributed by atoms with Crippen LogP contribution >= 0.6 is 11.6 Å². The normalized spacial score (nSPS) is 23.5. The Morgan fingerprint density at radius 1 is 1.33 bits per heavy atom. The molecule has 1 saturated heterocycles. The Balaban J connectivity index is 1.98. The molecule has 1 N–H and O–H groups in total. The molecule has 3 atom stereocenters. The predicted molar refractivity (Wildman–Crippen MR) is 89.4 cm³/mol. The first kappa shape index (κ1) is 16.4. The highest BCUT2D eigenvalue weighted by Crippen LogP contribution is 2.38. The third kappa shape index (κ3) is 2.87. The summed E-state index contributed by atoms with van der Waals surface area (Å²) in [5, 5.41) is 14.4. The van der Waals surface area contributed by atoms with Gasteiger partial charge in [0.25, 0.3) is 5.56 Å². The summed E-state index contributed by atoms with van der Waals surface area (Å²) in [6, 6.07) is 6.23. The summed E-state index contributed by atoms with van der Waals surface area (Å²) in [4.78, 5) is 29.5. The van der Waals surface area contributed by atoms with Crippen molar-refractivity contribution in [3.05, 3.63) is 51.5 Å². The van der Waals surface area contributed by atoms with Gasteiger partial charge in [0.1, 0.15) is 5.82 Å². The molecule has 3 rings (SSSR count). The molecule has 1 aliphatic rings. The standard InChI is InChI=1S/C16H17ClN4O3/c1-9-15(16(23)24)11(12-4-3-10(17)7-18-12)8-21(9)13-5-6-14(22)20(2)19-13/h3-7,9,11,15H,8H2,1-2H3,(H,23,24)/t9?,11-,15-/m1/s1. The smallest absolute Gasteiger partial charge is 0.309 e. The van der Waals surface area contributed by atoms with E-state index in [-0.39, 0.29) is 17.5 Å². The van der Waals surface area contributed by atoms with Crippen molar-refractivity contribution in [3.8, 4) is 0 Å². The van der Waals surface area contributed by atoms with E-state index >= 15 is 0 Å². The van der Waals surface area contributed by atoms with Crippen molar-refractivity contribution in [1.29, 1.82) is 0 Å². The molecule has 24 heavy (non-hydrogen) atoms. The first-order valence-corrected chi connectivity index (χ1v) is 7.91. The average Bonchev–Trinajstić information content (AvgIpc) is 2.88. The molecule has 0 radical (unpaired) electrons. The number of nitrogens with zero attached hydrogens (tertiary/aromatic N) is 4. The van der Waals surface area contributed by atoms with Crippen LogP contribution < -0.4 is 10.5 Å². The van der Waals surface area contributed by atoms with Gasteiger partial charge in [0.2, 0.25) is 0 Å². The molecule has 2 aromatic heterocycles. The fraction of sp³-hybridized carbons (Fsp3) is 0.375. The number of hydrogen-bond donors (Lipinski definition) is 1. The Morgan fingerprint density at radius 3 is 2.67 bits per heavy atom. The van der Waals surface area contributed by atoms with Crippen molar-refractivity contribution < 1.29 is 9.90 Å². The minimum atomic E-state index is -0.878. The van der Waals surface area contributed by atoms with E-state index in [9.17, 15) is 14.7 Å². The molecule has 2 aromatic rings. The second-order valence-electron chi connectivity index (χ2n) is 5.92. The number of aromatic nitrogens is 3. The largest absolute Gasteiger partial charge is 0.481 e. The zero-order valence-corrected chi connectivity index (χ0v) is 14.0. The highest BCUT2D eigenvalue weighted by Gasteiger charge is 2.45. The fourth-order valence-electron chi connectivity index (χ4n) is 3.23. The lowest BCUT2D eigenvalue weighted by Crippen LogP contribution is -2.35. The van der Waals surface area contributed by atoms with Crippen LogP contribution in [0.3, 0.4) is 0 Å². The van der Waals surface area contributed by atoms with Gasteiger partial charge in [0.15, 0.2) is 0 Å². The molecule has 0 bridgehead atoms. The summed E-state index contributed by atoms with van der Waals surface area (Å²) >= 11 is 5.87. The zero-order valence-electron chi connectivity index (χ0n) is 13.3. The Morgan fingerprint density at radius 2 is 2.08 bits per heavy atom. The van der Waals surface area contributed by atoms with E-state index < -0.39 is 11.9 Å². The van der Waals surface area contributed by atoms with Crippen LogP contribution in [0.1, 0.15) is 18.5 Å². The lowest BCUT2D eigenvalue weighted by molar-refractivity contribution is -0.142. The van der Waals surface area contributed by atoms with E-state index in [0.717, 1.165) is 0 Å². The number of aryl methyl sites for hydroxylation is 1. The van der Waals surface area contributed by atoms with Gasteiger partial charge in [-0.1, -0.05) is 11.6 Å². The SMILES string of the molecule is CC1[C@@H](C(=O)O)[C@@H](c2ccc(Cl)cn2)CN1c1ccc(=O)n(C)n1. The van der Waals surface area contributed by atoms with E-state index in [0.29, 0.717) is 23.1 Å². The maximum absolute atomic E-state index is 11.8. The lowest BCUT2D eigenvalue weighted by atomic mass is 9.88. The fourth-order valence-corrected chi connectivity index (χ4v) is 3.34. The molecule has 0 saturated carbocycles. The van der Waals surface area contributed by atoms with Gasteiger partial charge in [-0.15, -0.1) is 0 Å². The maximum atomic E-state index is 11.8. The van der Waals surface area contributed by atoms with Crippen LogP contribution in [0.2, 0.25) is 5.02 Å². The van der Waals surface area contributed by atoms with Crippen LogP contribution in [0.15, 0.2) is 35.3 Å². The number of carboxylic acids is 1. The Labute approximate surface area is 143 Å². The number of halogens is 1. The van der Waals surface area contributed by atoms with Gasteiger partial charge in [-0.05, 0) is 25.1 Å². The van der Waals surface area contributed by atoms with E-state index in [1.165, 1.54) is 16.9 Å².